The molecule has 1 aromatic rings. The number of Topliss-reactive ketones (excluding diaryl/α,β-unsaturated/α-hetero) is 1. The summed E-state index contributed by atoms with van der Waals surface area (Å²) >= 11 is 0. The van der Waals surface area contributed by atoms with E-state index in [4.69, 9.17) is 4.42 Å². The van der Waals surface area contributed by atoms with Crippen LogP contribution in [-0.2, 0) is 9.84 Å². The molecule has 2 rings (SSSR count). The normalized spacial score (nSPS) is 16.9. The Labute approximate surface area is 81.8 Å². The van der Waals surface area contributed by atoms with E-state index in [1.54, 1.807) is 0 Å². The molecule has 5 heteroatoms. The Morgan fingerprint density at radius 2 is 2.07 bits per heavy atom. The maximum atomic E-state index is 11.5. The largest absolute Gasteiger partial charge is 0.442 e. The van der Waals surface area contributed by atoms with Gasteiger partial charge < -0.3 is 4.42 Å². The van der Waals surface area contributed by atoms with Gasteiger partial charge in [-0.15, -0.1) is 0 Å². The van der Waals surface area contributed by atoms with Crippen molar-refractivity contribution in [3.8, 4) is 0 Å². The zero-order chi connectivity index (χ0) is 10.3. The Hall–Kier alpha value is -1.10. The molecule has 0 saturated heterocycles. The van der Waals surface area contributed by atoms with Gasteiger partial charge in [-0.3, -0.25) is 4.79 Å². The Morgan fingerprint density at radius 3 is 2.50 bits per heavy atom. The van der Waals surface area contributed by atoms with E-state index in [0.29, 0.717) is 0 Å². The molecule has 1 aliphatic rings. The van der Waals surface area contributed by atoms with Crippen LogP contribution >= 0.6 is 0 Å². The molecule has 0 amide bonds. The van der Waals surface area contributed by atoms with E-state index >= 15 is 0 Å². The van der Waals surface area contributed by atoms with Crippen LogP contribution in [0, 0.1) is 5.92 Å². The Bertz CT molecular complexity index is 465. The molecule has 1 saturated carbocycles. The number of carbonyl (C=O) groups is 1. The minimum Gasteiger partial charge on any atom is -0.442 e. The minimum absolute atomic E-state index is 0.0496. The van der Waals surface area contributed by atoms with Crippen LogP contribution in [-0.4, -0.2) is 20.5 Å². The van der Waals surface area contributed by atoms with Gasteiger partial charge >= 0.3 is 0 Å². The van der Waals surface area contributed by atoms with Crippen molar-refractivity contribution in [1.29, 1.82) is 0 Å². The second kappa shape index (κ2) is 2.95. The summed E-state index contributed by atoms with van der Waals surface area (Å²) in [6.07, 6.45) is 2.82. The molecule has 1 fully saturated rings. The number of ketones is 1. The third kappa shape index (κ3) is 1.72. The van der Waals surface area contributed by atoms with Crippen molar-refractivity contribution in [2.45, 2.75) is 17.9 Å². The summed E-state index contributed by atoms with van der Waals surface area (Å²) in [5, 5.41) is -0.137. The number of sulfone groups is 1. The lowest BCUT2D eigenvalue weighted by atomic mass is 10.2. The van der Waals surface area contributed by atoms with Crippen molar-refractivity contribution < 1.29 is 17.6 Å². The summed E-state index contributed by atoms with van der Waals surface area (Å²) in [7, 11) is -3.34. The van der Waals surface area contributed by atoms with Gasteiger partial charge in [0.1, 0.15) is 0 Å². The van der Waals surface area contributed by atoms with Crippen LogP contribution in [0.1, 0.15) is 23.4 Å². The topological polar surface area (TPSA) is 64.3 Å². The first-order valence-corrected chi connectivity index (χ1v) is 6.22. The summed E-state index contributed by atoms with van der Waals surface area (Å²) in [4.78, 5) is 11.5. The van der Waals surface area contributed by atoms with Crippen molar-refractivity contribution in [3.63, 3.8) is 0 Å². The van der Waals surface area contributed by atoms with Crippen molar-refractivity contribution in [1.82, 2.24) is 0 Å². The van der Waals surface area contributed by atoms with Gasteiger partial charge in [0.05, 0.1) is 0 Å². The molecular formula is C9H10O4S. The van der Waals surface area contributed by atoms with Crippen LogP contribution in [0.25, 0.3) is 0 Å². The third-order valence-corrected chi connectivity index (χ3v) is 3.09. The van der Waals surface area contributed by atoms with Gasteiger partial charge in [0.2, 0.25) is 20.7 Å². The van der Waals surface area contributed by atoms with E-state index in [-0.39, 0.29) is 22.6 Å². The molecule has 0 N–H and O–H groups in total. The second-order valence-electron chi connectivity index (χ2n) is 3.53. The van der Waals surface area contributed by atoms with Crippen molar-refractivity contribution in [2.75, 3.05) is 6.26 Å². The van der Waals surface area contributed by atoms with Crippen LogP contribution in [0.2, 0.25) is 0 Å². The predicted octanol–water partition coefficient (Wildman–Crippen LogP) is 1.28. The molecule has 1 aromatic heterocycles. The van der Waals surface area contributed by atoms with E-state index in [1.165, 1.54) is 12.1 Å². The lowest BCUT2D eigenvalue weighted by Gasteiger charge is -1.92. The van der Waals surface area contributed by atoms with E-state index < -0.39 is 9.84 Å². The smallest absolute Gasteiger partial charge is 0.218 e. The third-order valence-electron chi connectivity index (χ3n) is 2.14. The molecular weight excluding hydrogens is 204 g/mol. The average Bonchev–Trinajstić information content (AvgIpc) is 2.79. The summed E-state index contributed by atoms with van der Waals surface area (Å²) in [6.45, 7) is 0. The molecule has 0 aromatic carbocycles. The van der Waals surface area contributed by atoms with Gasteiger partial charge in [0.15, 0.2) is 5.76 Å². The minimum atomic E-state index is -3.34. The quantitative estimate of drug-likeness (QED) is 0.711. The summed E-state index contributed by atoms with van der Waals surface area (Å²) < 4.78 is 27.1. The maximum absolute atomic E-state index is 11.5. The highest BCUT2D eigenvalue weighted by atomic mass is 32.2. The number of hydrogen-bond acceptors (Lipinski definition) is 4. The van der Waals surface area contributed by atoms with Gasteiger partial charge in [-0.2, -0.15) is 0 Å². The van der Waals surface area contributed by atoms with Crippen LogP contribution in [0.4, 0.5) is 0 Å². The molecule has 0 atom stereocenters. The molecule has 4 nitrogen and oxygen atoms in total. The molecule has 0 bridgehead atoms. The fourth-order valence-electron chi connectivity index (χ4n) is 1.20. The molecule has 14 heavy (non-hydrogen) atoms. The lowest BCUT2D eigenvalue weighted by molar-refractivity contribution is 0.0935. The fraction of sp³-hybridized carbons (Fsp3) is 0.444. The molecule has 76 valence electrons. The van der Waals surface area contributed by atoms with Gasteiger partial charge in [0.25, 0.3) is 0 Å². The molecule has 0 aliphatic heterocycles. The molecule has 1 aliphatic carbocycles. The summed E-state index contributed by atoms with van der Waals surface area (Å²) in [6, 6.07) is 2.75. The van der Waals surface area contributed by atoms with Crippen LogP contribution in [0.5, 0.6) is 0 Å². The van der Waals surface area contributed by atoms with Gasteiger partial charge in [0, 0.05) is 12.2 Å². The number of hydrogen-bond donors (Lipinski definition) is 0. The number of rotatable bonds is 3. The second-order valence-corrected chi connectivity index (χ2v) is 5.48. The monoisotopic (exact) mass is 214 g/mol. The van der Waals surface area contributed by atoms with Crippen LogP contribution in [0.15, 0.2) is 21.6 Å². The molecule has 0 unspecified atom stereocenters. The summed E-state index contributed by atoms with van der Waals surface area (Å²) in [5.74, 6) is 0.126. The van der Waals surface area contributed by atoms with Crippen molar-refractivity contribution >= 4 is 15.6 Å². The Balaban J connectivity index is 2.29. The molecule has 0 radical (unpaired) electrons. The lowest BCUT2D eigenvalue weighted by Crippen LogP contribution is -1.99. The average molecular weight is 214 g/mol. The SMILES string of the molecule is CS(=O)(=O)c1ccc(C(=O)C2CC2)o1. The van der Waals surface area contributed by atoms with Crippen molar-refractivity contribution in [2.24, 2.45) is 5.92 Å². The number of carbonyl (C=O) groups excluding carboxylic acids is 1. The van der Waals surface area contributed by atoms with E-state index in [0.717, 1.165) is 19.1 Å². The van der Waals surface area contributed by atoms with Crippen LogP contribution in [0.3, 0.4) is 0 Å². The summed E-state index contributed by atoms with van der Waals surface area (Å²) in [5.41, 5.74) is 0. The first-order valence-electron chi connectivity index (χ1n) is 4.32. The van der Waals surface area contributed by atoms with Gasteiger partial charge in [-0.25, -0.2) is 8.42 Å². The van der Waals surface area contributed by atoms with Gasteiger partial charge in [-0.1, -0.05) is 0 Å². The molecule has 1 heterocycles. The highest BCUT2D eigenvalue weighted by molar-refractivity contribution is 7.90. The van der Waals surface area contributed by atoms with Crippen molar-refractivity contribution in [3.05, 3.63) is 17.9 Å². The molecule has 0 spiro atoms. The van der Waals surface area contributed by atoms with Gasteiger partial charge in [-0.05, 0) is 25.0 Å². The number of furan rings is 1. The van der Waals surface area contributed by atoms with E-state index in [2.05, 4.69) is 0 Å². The van der Waals surface area contributed by atoms with E-state index in [9.17, 15) is 13.2 Å². The first-order chi connectivity index (χ1) is 6.48. The predicted molar refractivity (Wildman–Crippen MR) is 48.9 cm³/mol. The Morgan fingerprint density at radius 1 is 1.43 bits per heavy atom. The van der Waals surface area contributed by atoms with Crippen LogP contribution < -0.4 is 0 Å². The standard InChI is InChI=1S/C9H10O4S/c1-14(11,12)8-5-4-7(13-8)9(10)6-2-3-6/h4-6H,2-3H2,1H3. The van der Waals surface area contributed by atoms with E-state index in [1.807, 2.05) is 0 Å². The Kier molecular flexibility index (Phi) is 1.99. The zero-order valence-electron chi connectivity index (χ0n) is 7.69. The zero-order valence-corrected chi connectivity index (χ0v) is 8.50. The fourth-order valence-corrected chi connectivity index (χ4v) is 1.75. The first kappa shape index (κ1) is 9.45. The highest BCUT2D eigenvalue weighted by Gasteiger charge is 2.32. The highest BCUT2D eigenvalue weighted by Crippen LogP contribution is 2.33. The maximum Gasteiger partial charge on any atom is 0.218 e.